The van der Waals surface area contributed by atoms with Gasteiger partial charge >= 0.3 is 0 Å². The van der Waals surface area contributed by atoms with Crippen LogP contribution in [-0.2, 0) is 9.59 Å². The van der Waals surface area contributed by atoms with Gasteiger partial charge in [0.25, 0.3) is 0 Å². The molecule has 3 heteroatoms. The highest BCUT2D eigenvalue weighted by atomic mass is 16.2. The summed E-state index contributed by atoms with van der Waals surface area (Å²) in [5, 5.41) is 2.25. The zero-order valence-electron chi connectivity index (χ0n) is 10.1. The van der Waals surface area contributed by atoms with E-state index < -0.39 is 0 Å². The summed E-state index contributed by atoms with van der Waals surface area (Å²) in [5.74, 6) is -0.513. The van der Waals surface area contributed by atoms with Crippen LogP contribution in [0.1, 0.15) is 17.9 Å². The molecule has 1 heterocycles. The molecule has 0 bridgehead atoms. The lowest BCUT2D eigenvalue weighted by Gasteiger charge is -2.10. The SMILES string of the molecule is CN1C(=O)C[C@H](c2ccc3ccccc3c2)C1=O. The Balaban J connectivity index is 2.05. The first-order valence-corrected chi connectivity index (χ1v) is 5.96. The topological polar surface area (TPSA) is 37.4 Å². The van der Waals surface area contributed by atoms with Gasteiger partial charge in [-0.2, -0.15) is 0 Å². The van der Waals surface area contributed by atoms with Crippen molar-refractivity contribution in [2.75, 3.05) is 7.05 Å². The smallest absolute Gasteiger partial charge is 0.236 e. The van der Waals surface area contributed by atoms with Gasteiger partial charge in [-0.1, -0.05) is 42.5 Å². The number of imide groups is 1. The molecule has 2 amide bonds. The molecule has 0 unspecified atom stereocenters. The van der Waals surface area contributed by atoms with Crippen molar-refractivity contribution in [1.29, 1.82) is 0 Å². The van der Waals surface area contributed by atoms with Gasteiger partial charge in [0, 0.05) is 13.5 Å². The second-order valence-corrected chi connectivity index (χ2v) is 4.65. The number of benzene rings is 2. The lowest BCUT2D eigenvalue weighted by molar-refractivity contribution is -0.137. The molecule has 18 heavy (non-hydrogen) atoms. The van der Waals surface area contributed by atoms with Crippen molar-refractivity contribution in [1.82, 2.24) is 4.90 Å². The van der Waals surface area contributed by atoms with Crippen molar-refractivity contribution >= 4 is 22.6 Å². The summed E-state index contributed by atoms with van der Waals surface area (Å²) in [4.78, 5) is 24.7. The van der Waals surface area contributed by atoms with Gasteiger partial charge in [-0.25, -0.2) is 0 Å². The maximum Gasteiger partial charge on any atom is 0.236 e. The average molecular weight is 239 g/mol. The minimum Gasteiger partial charge on any atom is -0.285 e. The molecular formula is C15H13NO2. The monoisotopic (exact) mass is 239 g/mol. The third kappa shape index (κ3) is 1.59. The van der Waals surface area contributed by atoms with Crippen molar-refractivity contribution in [3.8, 4) is 0 Å². The number of carbonyl (C=O) groups is 2. The van der Waals surface area contributed by atoms with Crippen LogP contribution in [0, 0.1) is 0 Å². The zero-order valence-corrected chi connectivity index (χ0v) is 10.1. The third-order valence-electron chi connectivity index (χ3n) is 3.56. The number of nitrogens with zero attached hydrogens (tertiary/aromatic N) is 1. The molecule has 2 aromatic carbocycles. The summed E-state index contributed by atoms with van der Waals surface area (Å²) >= 11 is 0. The molecule has 0 spiro atoms. The first kappa shape index (κ1) is 11.0. The van der Waals surface area contributed by atoms with Crippen molar-refractivity contribution in [3.63, 3.8) is 0 Å². The fraction of sp³-hybridized carbons (Fsp3) is 0.200. The Hall–Kier alpha value is -2.16. The summed E-state index contributed by atoms with van der Waals surface area (Å²) in [6.07, 6.45) is 0.285. The number of likely N-dealkylation sites (N-methyl/N-ethyl adjacent to an activating group) is 1. The molecule has 0 saturated carbocycles. The lowest BCUT2D eigenvalue weighted by Crippen LogP contribution is -2.25. The van der Waals surface area contributed by atoms with Crippen LogP contribution in [0.5, 0.6) is 0 Å². The van der Waals surface area contributed by atoms with Crippen molar-refractivity contribution in [2.45, 2.75) is 12.3 Å². The fourth-order valence-corrected chi connectivity index (χ4v) is 2.44. The third-order valence-corrected chi connectivity index (χ3v) is 3.56. The Kier molecular flexibility index (Phi) is 2.40. The highest BCUT2D eigenvalue weighted by Gasteiger charge is 2.36. The second kappa shape index (κ2) is 3.95. The quantitative estimate of drug-likeness (QED) is 0.716. The van der Waals surface area contributed by atoms with Crippen molar-refractivity contribution in [2.24, 2.45) is 0 Å². The van der Waals surface area contributed by atoms with E-state index in [1.165, 1.54) is 4.90 Å². The van der Waals surface area contributed by atoms with Crippen LogP contribution < -0.4 is 0 Å². The molecular weight excluding hydrogens is 226 g/mol. The average Bonchev–Trinajstić information content (AvgIpc) is 2.66. The summed E-state index contributed by atoms with van der Waals surface area (Å²) in [7, 11) is 1.55. The maximum absolute atomic E-state index is 12.0. The van der Waals surface area contributed by atoms with Gasteiger partial charge in [0.05, 0.1) is 5.92 Å². The van der Waals surface area contributed by atoms with E-state index in [0.717, 1.165) is 16.3 Å². The van der Waals surface area contributed by atoms with Gasteiger partial charge in [-0.15, -0.1) is 0 Å². The van der Waals surface area contributed by atoms with E-state index in [2.05, 4.69) is 0 Å². The molecule has 0 aliphatic carbocycles. The molecule has 3 nitrogen and oxygen atoms in total. The number of rotatable bonds is 1. The first-order valence-electron chi connectivity index (χ1n) is 5.96. The molecule has 0 aromatic heterocycles. The highest BCUT2D eigenvalue weighted by molar-refractivity contribution is 6.06. The van der Waals surface area contributed by atoms with Crippen LogP contribution in [-0.4, -0.2) is 23.8 Å². The normalized spacial score (nSPS) is 19.8. The molecule has 0 radical (unpaired) electrons. The number of hydrogen-bond donors (Lipinski definition) is 0. The number of carbonyl (C=O) groups excluding carboxylic acids is 2. The van der Waals surface area contributed by atoms with Crippen LogP contribution >= 0.6 is 0 Å². The van der Waals surface area contributed by atoms with Gasteiger partial charge in [-0.3, -0.25) is 14.5 Å². The van der Waals surface area contributed by atoms with Gasteiger partial charge in [-0.05, 0) is 16.3 Å². The second-order valence-electron chi connectivity index (χ2n) is 4.65. The summed E-state index contributed by atoms with van der Waals surface area (Å²) in [6.45, 7) is 0. The van der Waals surface area contributed by atoms with Crippen LogP contribution in [0.4, 0.5) is 0 Å². The van der Waals surface area contributed by atoms with Crippen LogP contribution in [0.2, 0.25) is 0 Å². The van der Waals surface area contributed by atoms with Crippen LogP contribution in [0.25, 0.3) is 10.8 Å². The molecule has 0 N–H and O–H groups in total. The Bertz CT molecular complexity index is 648. The molecule has 1 aliphatic rings. The van der Waals surface area contributed by atoms with E-state index in [4.69, 9.17) is 0 Å². The molecule has 1 saturated heterocycles. The van der Waals surface area contributed by atoms with Crippen molar-refractivity contribution in [3.05, 3.63) is 48.0 Å². The predicted molar refractivity (Wildman–Crippen MR) is 69.1 cm³/mol. The van der Waals surface area contributed by atoms with Gasteiger partial charge in [0.15, 0.2) is 0 Å². The lowest BCUT2D eigenvalue weighted by atomic mass is 9.95. The zero-order chi connectivity index (χ0) is 12.7. The van der Waals surface area contributed by atoms with Crippen LogP contribution in [0.3, 0.4) is 0 Å². The Morgan fingerprint density at radius 1 is 1.06 bits per heavy atom. The Morgan fingerprint density at radius 3 is 2.44 bits per heavy atom. The van der Waals surface area contributed by atoms with E-state index in [9.17, 15) is 9.59 Å². The molecule has 3 rings (SSSR count). The molecule has 1 fully saturated rings. The summed E-state index contributed by atoms with van der Waals surface area (Å²) in [5.41, 5.74) is 0.927. The summed E-state index contributed by atoms with van der Waals surface area (Å²) < 4.78 is 0. The number of amides is 2. The standard InChI is InChI=1S/C15H13NO2/c1-16-14(17)9-13(15(16)18)12-7-6-10-4-2-3-5-11(10)8-12/h2-8,13H,9H2,1H3/t13-/m1/s1. The van der Waals surface area contributed by atoms with Gasteiger partial charge in [0.1, 0.15) is 0 Å². The minimum absolute atomic E-state index is 0.0989. The minimum atomic E-state index is -0.313. The van der Waals surface area contributed by atoms with Gasteiger partial charge < -0.3 is 0 Å². The summed E-state index contributed by atoms with van der Waals surface area (Å²) in [6, 6.07) is 14.0. The Morgan fingerprint density at radius 2 is 1.78 bits per heavy atom. The van der Waals surface area contributed by atoms with E-state index in [1.54, 1.807) is 7.05 Å². The molecule has 1 aliphatic heterocycles. The molecule has 90 valence electrons. The van der Waals surface area contributed by atoms with E-state index in [0.29, 0.717) is 0 Å². The largest absolute Gasteiger partial charge is 0.285 e. The highest BCUT2D eigenvalue weighted by Crippen LogP contribution is 2.30. The Labute approximate surface area is 105 Å². The first-order chi connectivity index (χ1) is 8.66. The maximum atomic E-state index is 12.0. The number of hydrogen-bond acceptors (Lipinski definition) is 2. The van der Waals surface area contributed by atoms with E-state index in [-0.39, 0.29) is 24.2 Å². The number of likely N-dealkylation sites (tertiary alicyclic amines) is 1. The van der Waals surface area contributed by atoms with E-state index in [1.807, 2.05) is 42.5 Å². The number of fused-ring (bicyclic) bond motifs is 1. The van der Waals surface area contributed by atoms with Crippen molar-refractivity contribution < 1.29 is 9.59 Å². The molecule has 1 atom stereocenters. The van der Waals surface area contributed by atoms with Gasteiger partial charge in [0.2, 0.25) is 11.8 Å². The van der Waals surface area contributed by atoms with Crippen LogP contribution in [0.15, 0.2) is 42.5 Å². The van der Waals surface area contributed by atoms with E-state index >= 15 is 0 Å². The fourth-order valence-electron chi connectivity index (χ4n) is 2.44. The molecule has 2 aromatic rings. The predicted octanol–water partition coefficient (Wildman–Crippen LogP) is 2.31.